The Morgan fingerprint density at radius 1 is 0.508 bits per heavy atom. The molecule has 18 atom stereocenters. The van der Waals surface area contributed by atoms with Gasteiger partial charge in [-0.05, 0) is 6.42 Å². The third-order valence-corrected chi connectivity index (χ3v) is 9.78. The molecule has 0 bridgehead atoms. The molecule has 0 unspecified atom stereocenters. The molecule has 4 fully saturated rings. The van der Waals surface area contributed by atoms with Gasteiger partial charge in [-0.25, -0.2) is 4.39 Å². The summed E-state index contributed by atoms with van der Waals surface area (Å²) in [6.45, 7) is 5.62. The van der Waals surface area contributed by atoms with Crippen LogP contribution in [0.2, 0.25) is 0 Å². The van der Waals surface area contributed by atoms with Crippen molar-refractivity contribution in [2.45, 2.75) is 165 Å². The SMILES string of the molecule is CC(=O)OC[C@H]1O[C@@H](O[C@@H]2[C@@H](OC(C)=O)[C@H](N)C[C@H](N)[C@H]2O[C@@H]2C[C@H](F)[C@H](OC(C)=O)[C@@H](CN)O2)[C@H](OC(C)=O)[C@@H]1O[C@H]1O[C@@H](CN)[C@@H](OC(C)=O)[C@H](OC(C)=O)[C@H]1N. The molecule has 4 rings (SSSR count). The van der Waals surface area contributed by atoms with E-state index in [1.165, 1.54) is 0 Å². The van der Waals surface area contributed by atoms with Gasteiger partial charge in [0.05, 0.1) is 6.04 Å². The number of halogens is 1. The zero-order valence-corrected chi connectivity index (χ0v) is 33.5. The summed E-state index contributed by atoms with van der Waals surface area (Å²) in [4.78, 5) is 72.9. The largest absolute Gasteiger partial charge is 0.463 e. The van der Waals surface area contributed by atoms with Gasteiger partial charge in [0, 0.05) is 73.1 Å². The highest BCUT2D eigenvalue weighted by molar-refractivity contribution is 5.68. The summed E-state index contributed by atoms with van der Waals surface area (Å²) in [6.07, 6.45) is -21.3. The van der Waals surface area contributed by atoms with E-state index in [0.717, 1.165) is 41.5 Å². The van der Waals surface area contributed by atoms with Crippen LogP contribution in [0.25, 0.3) is 0 Å². The van der Waals surface area contributed by atoms with E-state index in [1.54, 1.807) is 0 Å². The van der Waals surface area contributed by atoms with Gasteiger partial charge in [-0.3, -0.25) is 28.8 Å². The molecule has 23 nitrogen and oxygen atoms in total. The zero-order valence-electron chi connectivity index (χ0n) is 33.5. The summed E-state index contributed by atoms with van der Waals surface area (Å²) in [7, 11) is 0. The van der Waals surface area contributed by atoms with Gasteiger partial charge in [0.15, 0.2) is 43.3 Å². The lowest BCUT2D eigenvalue weighted by atomic mass is 9.84. The zero-order chi connectivity index (χ0) is 43.9. The molecular formula is C35H56FN5O18. The van der Waals surface area contributed by atoms with Gasteiger partial charge in [0.25, 0.3) is 0 Å². The molecule has 336 valence electrons. The first kappa shape index (κ1) is 48.0. The van der Waals surface area contributed by atoms with Crippen LogP contribution >= 0.6 is 0 Å². The molecule has 24 heteroatoms. The minimum Gasteiger partial charge on any atom is -0.463 e. The van der Waals surface area contributed by atoms with Gasteiger partial charge >= 0.3 is 35.8 Å². The maximum atomic E-state index is 15.5. The second-order valence-corrected chi connectivity index (χ2v) is 14.5. The number of hydrogen-bond donors (Lipinski definition) is 5. The predicted octanol–water partition coefficient (Wildman–Crippen LogP) is -3.43. The third-order valence-electron chi connectivity index (χ3n) is 9.78. The van der Waals surface area contributed by atoms with Crippen molar-refractivity contribution in [3.05, 3.63) is 0 Å². The molecule has 10 N–H and O–H groups in total. The molecule has 3 saturated heterocycles. The van der Waals surface area contributed by atoms with Crippen LogP contribution < -0.4 is 28.7 Å². The maximum absolute atomic E-state index is 15.5. The van der Waals surface area contributed by atoms with Crippen molar-refractivity contribution in [2.24, 2.45) is 28.7 Å². The molecule has 0 aromatic carbocycles. The highest BCUT2D eigenvalue weighted by Gasteiger charge is 2.57. The summed E-state index contributed by atoms with van der Waals surface area (Å²) < 4.78 is 85.0. The fraction of sp³-hybridized carbons (Fsp3) is 0.829. The Morgan fingerprint density at radius 3 is 1.54 bits per heavy atom. The van der Waals surface area contributed by atoms with Crippen molar-refractivity contribution >= 4 is 35.8 Å². The minimum atomic E-state index is -1.78. The molecule has 3 heterocycles. The van der Waals surface area contributed by atoms with E-state index >= 15 is 4.39 Å². The fourth-order valence-electron chi connectivity index (χ4n) is 7.44. The Labute approximate surface area is 338 Å². The van der Waals surface area contributed by atoms with E-state index < -0.39 is 159 Å². The number of hydrogen-bond acceptors (Lipinski definition) is 23. The van der Waals surface area contributed by atoms with Crippen LogP contribution in [-0.4, -0.2) is 166 Å². The normalized spacial score (nSPS) is 39.7. The number of carbonyl (C=O) groups excluding carboxylic acids is 6. The number of carbonyl (C=O) groups is 6. The van der Waals surface area contributed by atoms with Crippen LogP contribution in [0.1, 0.15) is 54.4 Å². The monoisotopic (exact) mass is 853 g/mol. The molecule has 1 aliphatic carbocycles. The van der Waals surface area contributed by atoms with Gasteiger partial charge in [-0.2, -0.15) is 0 Å². The number of alkyl halides is 1. The molecule has 0 radical (unpaired) electrons. The molecule has 0 aromatic heterocycles. The van der Waals surface area contributed by atoms with Crippen molar-refractivity contribution in [3.63, 3.8) is 0 Å². The van der Waals surface area contributed by atoms with Crippen LogP contribution in [0, 0.1) is 0 Å². The van der Waals surface area contributed by atoms with E-state index in [0.29, 0.717) is 0 Å². The summed E-state index contributed by atoms with van der Waals surface area (Å²) in [6, 6.07) is -3.31. The highest BCUT2D eigenvalue weighted by Crippen LogP contribution is 2.37. The summed E-state index contributed by atoms with van der Waals surface area (Å²) in [5.41, 5.74) is 31.3. The maximum Gasteiger partial charge on any atom is 0.303 e. The summed E-state index contributed by atoms with van der Waals surface area (Å²) in [5.74, 6) is -4.65. The molecular weight excluding hydrogens is 797 g/mol. The van der Waals surface area contributed by atoms with E-state index in [1.807, 2.05) is 0 Å². The number of esters is 6. The first-order chi connectivity index (χ1) is 27.7. The molecule has 0 spiro atoms. The Hall–Kier alpha value is -3.69. The highest BCUT2D eigenvalue weighted by atomic mass is 19.1. The lowest BCUT2D eigenvalue weighted by Crippen LogP contribution is -2.66. The van der Waals surface area contributed by atoms with Crippen molar-refractivity contribution in [3.8, 4) is 0 Å². The second kappa shape index (κ2) is 21.2. The van der Waals surface area contributed by atoms with Crippen molar-refractivity contribution in [1.82, 2.24) is 0 Å². The molecule has 3 aliphatic heterocycles. The Kier molecular flexibility index (Phi) is 17.2. The molecule has 0 amide bonds. The van der Waals surface area contributed by atoms with Gasteiger partial charge in [0.2, 0.25) is 0 Å². The minimum absolute atomic E-state index is 0.00139. The lowest BCUT2D eigenvalue weighted by molar-refractivity contribution is -0.300. The average molecular weight is 854 g/mol. The van der Waals surface area contributed by atoms with Gasteiger partial charge < -0.3 is 85.5 Å². The first-order valence-corrected chi connectivity index (χ1v) is 19.0. The number of rotatable bonds is 15. The van der Waals surface area contributed by atoms with E-state index in [4.69, 9.17) is 85.5 Å². The average Bonchev–Trinajstić information content (AvgIpc) is 3.44. The Morgan fingerprint density at radius 2 is 0.983 bits per heavy atom. The van der Waals surface area contributed by atoms with Crippen molar-refractivity contribution in [1.29, 1.82) is 0 Å². The van der Waals surface area contributed by atoms with Crippen LogP contribution in [0.3, 0.4) is 0 Å². The van der Waals surface area contributed by atoms with Gasteiger partial charge in [0.1, 0.15) is 55.5 Å². The number of nitrogens with two attached hydrogens (primary N) is 5. The van der Waals surface area contributed by atoms with Gasteiger partial charge in [-0.1, -0.05) is 0 Å². The van der Waals surface area contributed by atoms with Crippen LogP contribution in [0.5, 0.6) is 0 Å². The summed E-state index contributed by atoms with van der Waals surface area (Å²) >= 11 is 0. The topological polar surface area (TPSA) is 343 Å². The standard InChI is InChI=1S/C35H56FN5O18/c1-12(42)48-11-23-30(58-34-25(41)31(52-16(5)46)29(51-15(4)45)22(10-38)55-34)33(53-17(6)47)35(56-23)59-32-27(50-14(3)44)19(39)8-20(40)28(32)57-24-7-18(36)26(49-13(2)43)21(9-37)54-24/h18-35H,7-11,37-41H2,1-6H3/t18-,19+,20-,21+,22-,23+,24+,25+,26-,27-,28+,29+,30+,31+,32+,33+,34+,35-/m0/s1. The lowest BCUT2D eigenvalue weighted by Gasteiger charge is -2.46. The smallest absolute Gasteiger partial charge is 0.303 e. The van der Waals surface area contributed by atoms with Crippen LogP contribution in [-0.2, 0) is 85.6 Å². The van der Waals surface area contributed by atoms with E-state index in [-0.39, 0.29) is 19.5 Å². The fourth-order valence-corrected chi connectivity index (χ4v) is 7.44. The molecule has 1 saturated carbocycles. The Bertz CT molecular complexity index is 1500. The van der Waals surface area contributed by atoms with Gasteiger partial charge in [-0.15, -0.1) is 0 Å². The molecule has 4 aliphatic rings. The summed E-state index contributed by atoms with van der Waals surface area (Å²) in [5, 5.41) is 0. The Balaban J connectivity index is 1.70. The van der Waals surface area contributed by atoms with Crippen molar-refractivity contribution in [2.75, 3.05) is 19.7 Å². The first-order valence-electron chi connectivity index (χ1n) is 19.0. The van der Waals surface area contributed by atoms with Crippen LogP contribution in [0.15, 0.2) is 0 Å². The quantitative estimate of drug-likeness (QED) is 0.0790. The van der Waals surface area contributed by atoms with E-state index in [2.05, 4.69) is 0 Å². The molecule has 0 aromatic rings. The molecule has 59 heavy (non-hydrogen) atoms. The predicted molar refractivity (Wildman–Crippen MR) is 191 cm³/mol. The number of ether oxygens (including phenoxy) is 12. The van der Waals surface area contributed by atoms with E-state index in [9.17, 15) is 28.8 Å². The van der Waals surface area contributed by atoms with Crippen LogP contribution in [0.4, 0.5) is 4.39 Å². The third kappa shape index (κ3) is 12.4. The second-order valence-electron chi connectivity index (χ2n) is 14.5. The van der Waals surface area contributed by atoms with Crippen molar-refractivity contribution < 1.29 is 90.0 Å².